The van der Waals surface area contributed by atoms with Crippen molar-refractivity contribution in [3.05, 3.63) is 12.2 Å². The molecule has 7 atom stereocenters. The quantitative estimate of drug-likeness (QED) is 0.481. The van der Waals surface area contributed by atoms with Crippen molar-refractivity contribution in [1.82, 2.24) is 4.90 Å². The molecule has 2 unspecified atom stereocenters. The fourth-order valence-electron chi connectivity index (χ4n) is 6.96. The third kappa shape index (κ3) is 4.93. The topological polar surface area (TPSA) is 66.8 Å². The van der Waals surface area contributed by atoms with Crippen LogP contribution in [0.15, 0.2) is 12.2 Å². The number of ether oxygens (including phenoxy) is 1. The van der Waals surface area contributed by atoms with E-state index in [1.807, 2.05) is 25.1 Å². The van der Waals surface area contributed by atoms with Gasteiger partial charge >= 0.3 is 5.97 Å². The van der Waals surface area contributed by atoms with Crippen LogP contribution >= 0.6 is 0 Å². The van der Waals surface area contributed by atoms with Crippen LogP contribution in [0.5, 0.6) is 0 Å². The molecule has 3 rings (SSSR count). The SMILES string of the molecule is CC[C@H](/C=C/C(=O)OCCN(C)C)[C@@]1(C)CCC2C(CC[C@@H]3C[C@@H](O)CC[C@]23C)C1=O. The number of aliphatic hydroxyl groups excluding tert-OH is 1. The van der Waals surface area contributed by atoms with E-state index in [1.165, 1.54) is 6.08 Å². The van der Waals surface area contributed by atoms with Gasteiger partial charge in [0.15, 0.2) is 0 Å². The third-order valence-electron chi connectivity index (χ3n) is 9.04. The standard InChI is InChI=1S/C26H43NO4/c1-6-18(8-10-23(29)31-16-15-27(4)5)26(3)14-12-22-21(24(26)30)9-7-19-17-20(28)11-13-25(19,22)2/h8,10,18-22,28H,6-7,9,11-17H2,1-5H3/b10-8+/t18-,19-,20+,21?,22?,25+,26-/m1/s1. The summed E-state index contributed by atoms with van der Waals surface area (Å²) in [6.45, 7) is 7.70. The first-order valence-electron chi connectivity index (χ1n) is 12.3. The molecule has 5 heteroatoms. The van der Waals surface area contributed by atoms with Crippen LogP contribution in [0.1, 0.15) is 72.1 Å². The third-order valence-corrected chi connectivity index (χ3v) is 9.04. The van der Waals surface area contributed by atoms with Crippen LogP contribution < -0.4 is 0 Å². The first kappa shape index (κ1) is 24.4. The molecule has 0 aliphatic heterocycles. The van der Waals surface area contributed by atoms with Crippen molar-refractivity contribution in [2.24, 2.45) is 34.5 Å². The molecule has 3 saturated carbocycles. The Kier molecular flexibility index (Phi) is 7.68. The summed E-state index contributed by atoms with van der Waals surface area (Å²) in [7, 11) is 3.89. The molecule has 1 N–H and O–H groups in total. The van der Waals surface area contributed by atoms with E-state index in [-0.39, 0.29) is 29.3 Å². The minimum Gasteiger partial charge on any atom is -0.461 e. The van der Waals surface area contributed by atoms with Crippen LogP contribution in [0.3, 0.4) is 0 Å². The highest BCUT2D eigenvalue weighted by Crippen LogP contribution is 2.61. The zero-order valence-corrected chi connectivity index (χ0v) is 20.2. The van der Waals surface area contributed by atoms with Crippen molar-refractivity contribution < 1.29 is 19.4 Å². The van der Waals surface area contributed by atoms with E-state index in [0.29, 0.717) is 30.8 Å². The molecular formula is C26H43NO4. The van der Waals surface area contributed by atoms with Gasteiger partial charge in [-0.1, -0.05) is 26.8 Å². The Morgan fingerprint density at radius 3 is 2.65 bits per heavy atom. The van der Waals surface area contributed by atoms with Gasteiger partial charge in [-0.25, -0.2) is 4.79 Å². The fraction of sp³-hybridized carbons (Fsp3) is 0.846. The lowest BCUT2D eigenvalue weighted by molar-refractivity contribution is -0.156. The van der Waals surface area contributed by atoms with Gasteiger partial charge in [-0.05, 0) is 88.6 Å². The Morgan fingerprint density at radius 2 is 1.97 bits per heavy atom. The van der Waals surface area contributed by atoms with Crippen LogP contribution in [-0.4, -0.2) is 55.1 Å². The number of hydrogen-bond donors (Lipinski definition) is 1. The molecule has 3 aliphatic carbocycles. The second kappa shape index (κ2) is 9.74. The lowest BCUT2D eigenvalue weighted by atomic mass is 9.46. The van der Waals surface area contributed by atoms with Crippen LogP contribution in [0.25, 0.3) is 0 Å². The number of hydrogen-bond acceptors (Lipinski definition) is 5. The van der Waals surface area contributed by atoms with E-state index in [2.05, 4.69) is 20.8 Å². The largest absolute Gasteiger partial charge is 0.461 e. The van der Waals surface area contributed by atoms with Gasteiger partial charge < -0.3 is 14.7 Å². The summed E-state index contributed by atoms with van der Waals surface area (Å²) in [4.78, 5) is 28.0. The number of carbonyl (C=O) groups excluding carboxylic acids is 2. The number of nitrogens with zero attached hydrogens (tertiary/aromatic N) is 1. The first-order valence-corrected chi connectivity index (χ1v) is 12.3. The maximum Gasteiger partial charge on any atom is 0.330 e. The Morgan fingerprint density at radius 1 is 1.23 bits per heavy atom. The van der Waals surface area contributed by atoms with Gasteiger partial charge in [-0.15, -0.1) is 0 Å². The summed E-state index contributed by atoms with van der Waals surface area (Å²) in [5, 5.41) is 10.2. The number of rotatable bonds is 7. The Bertz CT molecular complexity index is 689. The van der Waals surface area contributed by atoms with Gasteiger partial charge in [0.1, 0.15) is 12.4 Å². The van der Waals surface area contributed by atoms with Crippen LogP contribution in [0.2, 0.25) is 0 Å². The normalized spacial score (nSPS) is 39.3. The van der Waals surface area contributed by atoms with Crippen molar-refractivity contribution in [3.63, 3.8) is 0 Å². The van der Waals surface area contributed by atoms with Crippen LogP contribution in [0, 0.1) is 34.5 Å². The van der Waals surface area contributed by atoms with Crippen molar-refractivity contribution in [1.29, 1.82) is 0 Å². The van der Waals surface area contributed by atoms with E-state index in [9.17, 15) is 14.7 Å². The van der Waals surface area contributed by atoms with Gasteiger partial charge in [-0.2, -0.15) is 0 Å². The number of allylic oxidation sites excluding steroid dienone is 1. The van der Waals surface area contributed by atoms with Crippen molar-refractivity contribution >= 4 is 11.8 Å². The second-order valence-electron chi connectivity index (χ2n) is 11.1. The van der Waals surface area contributed by atoms with Gasteiger partial charge in [0, 0.05) is 24.0 Å². The van der Waals surface area contributed by atoms with Gasteiger partial charge in [-0.3, -0.25) is 4.79 Å². The Labute approximate surface area is 188 Å². The summed E-state index contributed by atoms with van der Waals surface area (Å²) in [5.41, 5.74) is -0.222. The van der Waals surface area contributed by atoms with Gasteiger partial charge in [0.25, 0.3) is 0 Å². The summed E-state index contributed by atoms with van der Waals surface area (Å²) in [5.74, 6) is 1.27. The van der Waals surface area contributed by atoms with Crippen molar-refractivity contribution in [2.75, 3.05) is 27.2 Å². The number of esters is 1. The number of Topliss-reactive ketones (excluding diaryl/α,β-unsaturated/α-hetero) is 1. The first-order chi connectivity index (χ1) is 14.6. The van der Waals surface area contributed by atoms with Gasteiger partial charge in [0.2, 0.25) is 0 Å². The van der Waals surface area contributed by atoms with E-state index in [1.54, 1.807) is 0 Å². The maximum atomic E-state index is 13.8. The number of ketones is 1. The molecule has 0 heterocycles. The number of aliphatic hydroxyl groups is 1. The summed E-state index contributed by atoms with van der Waals surface area (Å²) in [6.07, 6.45) is 10.9. The Hall–Kier alpha value is -1.20. The van der Waals surface area contributed by atoms with E-state index < -0.39 is 5.41 Å². The lowest BCUT2D eigenvalue weighted by Crippen LogP contribution is -2.55. The number of likely N-dealkylation sites (N-methyl/N-ethyl adjacent to an activating group) is 1. The number of carbonyl (C=O) groups is 2. The molecule has 0 spiro atoms. The summed E-state index contributed by atoms with van der Waals surface area (Å²) >= 11 is 0. The average molecular weight is 434 g/mol. The predicted molar refractivity (Wildman–Crippen MR) is 122 cm³/mol. The van der Waals surface area contributed by atoms with Crippen LogP contribution in [0.4, 0.5) is 0 Å². The van der Waals surface area contributed by atoms with E-state index in [0.717, 1.165) is 51.4 Å². The molecule has 0 bridgehead atoms. The van der Waals surface area contributed by atoms with E-state index in [4.69, 9.17) is 4.74 Å². The molecule has 31 heavy (non-hydrogen) atoms. The smallest absolute Gasteiger partial charge is 0.330 e. The van der Waals surface area contributed by atoms with E-state index >= 15 is 0 Å². The molecule has 0 aromatic heterocycles. The molecule has 176 valence electrons. The Balaban J connectivity index is 1.69. The maximum absolute atomic E-state index is 13.8. The average Bonchev–Trinajstić information content (AvgIpc) is 2.71. The molecule has 0 amide bonds. The molecule has 0 radical (unpaired) electrons. The monoisotopic (exact) mass is 433 g/mol. The highest BCUT2D eigenvalue weighted by Gasteiger charge is 2.57. The molecular weight excluding hydrogens is 390 g/mol. The second-order valence-corrected chi connectivity index (χ2v) is 11.1. The zero-order chi connectivity index (χ0) is 22.8. The zero-order valence-electron chi connectivity index (χ0n) is 20.2. The molecule has 0 aromatic carbocycles. The molecule has 3 fully saturated rings. The molecule has 0 aromatic rings. The van der Waals surface area contributed by atoms with Crippen LogP contribution in [-0.2, 0) is 14.3 Å². The molecule has 3 aliphatic rings. The minimum absolute atomic E-state index is 0.0565. The van der Waals surface area contributed by atoms with Crippen molar-refractivity contribution in [2.45, 2.75) is 78.2 Å². The van der Waals surface area contributed by atoms with Crippen molar-refractivity contribution in [3.8, 4) is 0 Å². The summed E-state index contributed by atoms with van der Waals surface area (Å²) in [6, 6.07) is 0. The fourth-order valence-corrected chi connectivity index (χ4v) is 6.96. The summed E-state index contributed by atoms with van der Waals surface area (Å²) < 4.78 is 5.29. The molecule has 5 nitrogen and oxygen atoms in total. The minimum atomic E-state index is -0.409. The predicted octanol–water partition coefficient (Wildman–Crippen LogP) is 4.24. The highest BCUT2D eigenvalue weighted by atomic mass is 16.5. The highest BCUT2D eigenvalue weighted by molar-refractivity contribution is 5.89. The number of fused-ring (bicyclic) bond motifs is 3. The molecule has 0 saturated heterocycles. The lowest BCUT2D eigenvalue weighted by Gasteiger charge is -2.58. The van der Waals surface area contributed by atoms with Gasteiger partial charge in [0.05, 0.1) is 6.10 Å².